The first-order valence-corrected chi connectivity index (χ1v) is 12.7. The number of rotatable bonds is 6. The second kappa shape index (κ2) is 9.06. The third kappa shape index (κ3) is 5.70. The molecule has 0 aromatic carbocycles. The summed E-state index contributed by atoms with van der Waals surface area (Å²) in [5.41, 5.74) is 1.35. The van der Waals surface area contributed by atoms with Crippen molar-refractivity contribution in [3.8, 4) is 11.4 Å². The van der Waals surface area contributed by atoms with Crippen LogP contribution in [0, 0.1) is 5.92 Å². The van der Waals surface area contributed by atoms with Crippen molar-refractivity contribution in [3.05, 3.63) is 30.1 Å². The molecule has 31 heavy (non-hydrogen) atoms. The van der Waals surface area contributed by atoms with Crippen molar-refractivity contribution >= 4 is 15.7 Å². The van der Waals surface area contributed by atoms with Gasteiger partial charge in [-0.3, -0.25) is 9.78 Å². The minimum Gasteiger partial charge on any atom is -0.340 e. The first-order valence-electron chi connectivity index (χ1n) is 10.9. The molecule has 0 spiro atoms. The lowest BCUT2D eigenvalue weighted by molar-refractivity contribution is 0.0789. The second-order valence-corrected chi connectivity index (χ2v) is 11.8. The van der Waals surface area contributed by atoms with E-state index in [1.807, 2.05) is 13.1 Å². The van der Waals surface area contributed by atoms with Crippen molar-refractivity contribution < 1.29 is 13.2 Å². The molecule has 2 aromatic heterocycles. The first kappa shape index (κ1) is 23.4. The van der Waals surface area contributed by atoms with Gasteiger partial charge in [-0.1, -0.05) is 27.7 Å². The van der Waals surface area contributed by atoms with Gasteiger partial charge in [0.15, 0.2) is 0 Å². The van der Waals surface area contributed by atoms with Gasteiger partial charge in [-0.25, -0.2) is 18.4 Å². The van der Waals surface area contributed by atoms with Gasteiger partial charge in [-0.15, -0.1) is 0 Å². The zero-order valence-electron chi connectivity index (χ0n) is 19.1. The maximum absolute atomic E-state index is 12.6. The summed E-state index contributed by atoms with van der Waals surface area (Å²) < 4.78 is 25.7. The van der Waals surface area contributed by atoms with Gasteiger partial charge in [0.25, 0.3) is 5.91 Å². The van der Waals surface area contributed by atoms with Gasteiger partial charge < -0.3 is 9.47 Å². The van der Waals surface area contributed by atoms with Crippen LogP contribution < -0.4 is 0 Å². The van der Waals surface area contributed by atoms with Crippen LogP contribution in [0.2, 0.25) is 0 Å². The molecule has 0 atom stereocenters. The quantitative estimate of drug-likeness (QED) is 0.675. The monoisotopic (exact) mass is 447 g/mol. The van der Waals surface area contributed by atoms with E-state index in [0.717, 1.165) is 18.8 Å². The molecule has 0 saturated carbocycles. The van der Waals surface area contributed by atoms with E-state index in [9.17, 15) is 13.2 Å². The van der Waals surface area contributed by atoms with Crippen molar-refractivity contribution in [2.24, 2.45) is 5.92 Å². The average molecular weight is 448 g/mol. The van der Waals surface area contributed by atoms with E-state index in [2.05, 4.69) is 35.3 Å². The Bertz CT molecular complexity index is 1030. The summed E-state index contributed by atoms with van der Waals surface area (Å²) in [7, 11) is -1.13. The van der Waals surface area contributed by atoms with Gasteiger partial charge in [-0.05, 0) is 25.2 Å². The molecule has 0 radical (unpaired) electrons. The van der Waals surface area contributed by atoms with E-state index in [4.69, 9.17) is 4.98 Å². The van der Waals surface area contributed by atoms with Gasteiger partial charge in [0, 0.05) is 31.7 Å². The van der Waals surface area contributed by atoms with Crippen LogP contribution in [0.5, 0.6) is 0 Å². The van der Waals surface area contributed by atoms with Crippen molar-refractivity contribution in [3.63, 3.8) is 0 Å². The van der Waals surface area contributed by atoms with E-state index in [1.54, 1.807) is 18.1 Å². The Morgan fingerprint density at radius 1 is 1.16 bits per heavy atom. The van der Waals surface area contributed by atoms with Crippen LogP contribution in [0.25, 0.3) is 11.4 Å². The van der Waals surface area contributed by atoms with E-state index < -0.39 is 9.84 Å². The van der Waals surface area contributed by atoms with Gasteiger partial charge in [-0.2, -0.15) is 0 Å². The standard InChI is InChI=1S/C22H33N5O3S/c1-6-9-26(5)20(28)18-13-23-12-17(24-18)19-15-27(21(25-19)22(2,3)4)14-16-7-10-31(29,30)11-8-16/h12-13,15-16H,6-11,14H2,1-5H3. The Balaban J connectivity index is 1.89. The average Bonchev–Trinajstić information content (AvgIpc) is 3.14. The number of imidazole rings is 1. The van der Waals surface area contributed by atoms with Gasteiger partial charge in [0.05, 0.1) is 23.9 Å². The first-order chi connectivity index (χ1) is 14.5. The molecule has 9 heteroatoms. The third-order valence-corrected chi connectivity index (χ3v) is 7.31. The van der Waals surface area contributed by atoms with E-state index >= 15 is 0 Å². The molecular formula is C22H33N5O3S. The maximum Gasteiger partial charge on any atom is 0.273 e. The maximum atomic E-state index is 12.6. The fourth-order valence-electron chi connectivity index (χ4n) is 3.90. The molecule has 0 bridgehead atoms. The van der Waals surface area contributed by atoms with Crippen molar-refractivity contribution in [2.75, 3.05) is 25.1 Å². The normalized spacial score (nSPS) is 16.9. The molecule has 1 saturated heterocycles. The van der Waals surface area contributed by atoms with E-state index in [0.29, 0.717) is 42.4 Å². The Hall–Kier alpha value is -2.29. The van der Waals surface area contributed by atoms with Crippen LogP contribution in [-0.2, 0) is 21.8 Å². The lowest BCUT2D eigenvalue weighted by atomic mass is 9.95. The number of sulfone groups is 1. The zero-order valence-corrected chi connectivity index (χ0v) is 19.9. The fraction of sp³-hybridized carbons (Fsp3) is 0.636. The number of carbonyl (C=O) groups is 1. The van der Waals surface area contributed by atoms with Crippen LogP contribution in [0.3, 0.4) is 0 Å². The molecule has 3 heterocycles. The van der Waals surface area contributed by atoms with Crippen LogP contribution >= 0.6 is 0 Å². The lowest BCUT2D eigenvalue weighted by Gasteiger charge is -2.25. The van der Waals surface area contributed by atoms with Crippen LogP contribution in [0.1, 0.15) is 63.3 Å². The third-order valence-electron chi connectivity index (χ3n) is 5.60. The summed E-state index contributed by atoms with van der Waals surface area (Å²) in [6.45, 7) is 9.71. The highest BCUT2D eigenvalue weighted by molar-refractivity contribution is 7.91. The Morgan fingerprint density at radius 3 is 2.45 bits per heavy atom. The molecule has 170 valence electrons. The minimum atomic E-state index is -2.89. The van der Waals surface area contributed by atoms with Gasteiger partial charge in [0.2, 0.25) is 0 Å². The Labute approximate surface area is 185 Å². The number of carbonyl (C=O) groups excluding carboxylic acids is 1. The number of aromatic nitrogens is 4. The van der Waals surface area contributed by atoms with Crippen molar-refractivity contribution in [1.82, 2.24) is 24.4 Å². The van der Waals surface area contributed by atoms with Crippen LogP contribution in [-0.4, -0.2) is 63.8 Å². The summed E-state index contributed by atoms with van der Waals surface area (Å²) >= 11 is 0. The summed E-state index contributed by atoms with van der Waals surface area (Å²) in [6.07, 6.45) is 7.29. The Kier molecular flexibility index (Phi) is 6.83. The highest BCUT2D eigenvalue weighted by atomic mass is 32.2. The second-order valence-electron chi connectivity index (χ2n) is 9.46. The number of amides is 1. The highest BCUT2D eigenvalue weighted by Gasteiger charge is 2.28. The van der Waals surface area contributed by atoms with Crippen molar-refractivity contribution in [1.29, 1.82) is 0 Å². The molecule has 1 aliphatic rings. The minimum absolute atomic E-state index is 0.157. The van der Waals surface area contributed by atoms with Crippen LogP contribution in [0.15, 0.2) is 18.6 Å². The Morgan fingerprint density at radius 2 is 1.84 bits per heavy atom. The molecule has 1 aliphatic heterocycles. The molecule has 2 aromatic rings. The number of hydrogen-bond acceptors (Lipinski definition) is 6. The topological polar surface area (TPSA) is 98.1 Å². The van der Waals surface area contributed by atoms with Crippen LogP contribution in [0.4, 0.5) is 0 Å². The summed E-state index contributed by atoms with van der Waals surface area (Å²) in [6, 6.07) is 0. The highest BCUT2D eigenvalue weighted by Crippen LogP contribution is 2.28. The molecule has 0 unspecified atom stereocenters. The number of nitrogens with zero attached hydrogens (tertiary/aromatic N) is 5. The fourth-order valence-corrected chi connectivity index (χ4v) is 5.49. The van der Waals surface area contributed by atoms with E-state index in [-0.39, 0.29) is 22.8 Å². The zero-order chi connectivity index (χ0) is 22.8. The molecule has 1 fully saturated rings. The smallest absolute Gasteiger partial charge is 0.273 e. The predicted octanol–water partition coefficient (Wildman–Crippen LogP) is 2.94. The van der Waals surface area contributed by atoms with Crippen molar-refractivity contribution in [2.45, 2.75) is 58.9 Å². The molecule has 0 aliphatic carbocycles. The molecule has 1 amide bonds. The number of hydrogen-bond donors (Lipinski definition) is 0. The summed E-state index contributed by atoms with van der Waals surface area (Å²) in [4.78, 5) is 27.9. The summed E-state index contributed by atoms with van der Waals surface area (Å²) in [5.74, 6) is 1.57. The predicted molar refractivity (Wildman–Crippen MR) is 121 cm³/mol. The molecular weight excluding hydrogens is 414 g/mol. The molecule has 8 nitrogen and oxygen atoms in total. The van der Waals surface area contributed by atoms with Gasteiger partial charge >= 0.3 is 0 Å². The molecule has 0 N–H and O–H groups in total. The lowest BCUT2D eigenvalue weighted by Crippen LogP contribution is -2.28. The van der Waals surface area contributed by atoms with E-state index in [1.165, 1.54) is 6.20 Å². The largest absolute Gasteiger partial charge is 0.340 e. The SMILES string of the molecule is CCCN(C)C(=O)c1cncc(-c2cn(CC3CCS(=O)(=O)CC3)c(C(C)(C)C)n2)n1. The van der Waals surface area contributed by atoms with Gasteiger partial charge in [0.1, 0.15) is 32.7 Å². The molecule has 3 rings (SSSR count). The summed E-state index contributed by atoms with van der Waals surface area (Å²) in [5, 5.41) is 0.